The summed E-state index contributed by atoms with van der Waals surface area (Å²) in [6.45, 7) is 7.56. The van der Waals surface area contributed by atoms with Crippen LogP contribution in [0.25, 0.3) is 0 Å². The third-order valence-electron chi connectivity index (χ3n) is 4.16. The van der Waals surface area contributed by atoms with Gasteiger partial charge in [0, 0.05) is 19.6 Å². The Kier molecular flexibility index (Phi) is 3.32. The van der Waals surface area contributed by atoms with Gasteiger partial charge in [0.1, 0.15) is 0 Å². The number of hydrogen-bond donors (Lipinski definition) is 2. The lowest BCUT2D eigenvalue weighted by molar-refractivity contribution is 0.161. The molecule has 0 bridgehead atoms. The van der Waals surface area contributed by atoms with Crippen LogP contribution in [-0.2, 0) is 0 Å². The summed E-state index contributed by atoms with van der Waals surface area (Å²) in [5.74, 6) is 0.586. The zero-order valence-electron chi connectivity index (χ0n) is 11.1. The maximum Gasteiger partial charge on any atom is 0.318 e. The molecule has 0 aromatic heterocycles. The molecule has 0 spiro atoms. The topological polar surface area (TPSA) is 61.6 Å². The van der Waals surface area contributed by atoms with Crippen molar-refractivity contribution in [2.45, 2.75) is 31.8 Å². The fraction of sp³-hybridized carbons (Fsp3) is 0.917. The van der Waals surface area contributed by atoms with Gasteiger partial charge in [-0.15, -0.1) is 0 Å². The first kappa shape index (κ1) is 12.6. The van der Waals surface area contributed by atoms with Crippen molar-refractivity contribution in [3.05, 3.63) is 0 Å². The molecule has 2 rings (SSSR count). The largest absolute Gasteiger partial charge is 0.333 e. The molecule has 5 nitrogen and oxygen atoms in total. The molecule has 0 aromatic rings. The summed E-state index contributed by atoms with van der Waals surface area (Å²) < 4.78 is 0. The Morgan fingerprint density at radius 3 is 2.71 bits per heavy atom. The van der Waals surface area contributed by atoms with Gasteiger partial charge in [0.25, 0.3) is 0 Å². The van der Waals surface area contributed by atoms with Crippen LogP contribution in [-0.4, -0.2) is 60.6 Å². The summed E-state index contributed by atoms with van der Waals surface area (Å²) in [6, 6.07) is 0.332. The highest BCUT2D eigenvalue weighted by atomic mass is 16.2. The maximum atomic E-state index is 12.0. The summed E-state index contributed by atoms with van der Waals surface area (Å²) in [6.07, 6.45) is 1.18. The molecule has 2 aliphatic rings. The van der Waals surface area contributed by atoms with Crippen molar-refractivity contribution in [1.29, 1.82) is 0 Å². The highest BCUT2D eigenvalue weighted by Crippen LogP contribution is 2.25. The van der Waals surface area contributed by atoms with E-state index in [0.717, 1.165) is 19.6 Å². The van der Waals surface area contributed by atoms with E-state index in [1.807, 2.05) is 18.7 Å². The van der Waals surface area contributed by atoms with Crippen molar-refractivity contribution in [1.82, 2.24) is 15.1 Å². The predicted molar refractivity (Wildman–Crippen MR) is 67.8 cm³/mol. The van der Waals surface area contributed by atoms with Gasteiger partial charge in [-0.1, -0.05) is 0 Å². The number of amides is 2. The number of urea groups is 1. The Labute approximate surface area is 103 Å². The average Bonchev–Trinajstić information content (AvgIpc) is 2.85. The Morgan fingerprint density at radius 2 is 2.18 bits per heavy atom. The van der Waals surface area contributed by atoms with E-state index in [2.05, 4.69) is 17.3 Å². The van der Waals surface area contributed by atoms with Crippen LogP contribution in [0.2, 0.25) is 0 Å². The minimum absolute atomic E-state index is 0.0417. The average molecular weight is 240 g/mol. The first-order chi connectivity index (χ1) is 7.94. The third kappa shape index (κ3) is 2.40. The van der Waals surface area contributed by atoms with Gasteiger partial charge in [-0.05, 0) is 39.8 Å². The van der Waals surface area contributed by atoms with Gasteiger partial charge in [-0.25, -0.2) is 4.79 Å². The number of hydrogen-bond acceptors (Lipinski definition) is 3. The molecular formula is C12H24N4O. The number of nitrogens with one attached hydrogen (secondary N) is 1. The zero-order chi connectivity index (χ0) is 12.6. The van der Waals surface area contributed by atoms with Crippen LogP contribution in [0.3, 0.4) is 0 Å². The predicted octanol–water partition coefficient (Wildman–Crippen LogP) is 0.0692. The fourth-order valence-corrected chi connectivity index (χ4v) is 2.76. The summed E-state index contributed by atoms with van der Waals surface area (Å²) in [5.41, 5.74) is 5.49. The Hall–Kier alpha value is -0.810. The van der Waals surface area contributed by atoms with Crippen LogP contribution < -0.4 is 11.1 Å². The molecule has 2 saturated heterocycles. The van der Waals surface area contributed by atoms with E-state index >= 15 is 0 Å². The quantitative estimate of drug-likeness (QED) is 0.734. The van der Waals surface area contributed by atoms with Crippen molar-refractivity contribution in [2.75, 3.05) is 33.2 Å². The summed E-state index contributed by atoms with van der Waals surface area (Å²) in [5, 5.41) is 3.11. The van der Waals surface area contributed by atoms with Gasteiger partial charge < -0.3 is 20.9 Å². The minimum atomic E-state index is -0.247. The van der Waals surface area contributed by atoms with E-state index < -0.39 is 0 Å². The Balaban J connectivity index is 2.00. The summed E-state index contributed by atoms with van der Waals surface area (Å²) >= 11 is 0. The molecule has 0 saturated carbocycles. The molecule has 17 heavy (non-hydrogen) atoms. The molecule has 2 atom stereocenters. The Bertz CT molecular complexity index is 305. The second kappa shape index (κ2) is 4.46. The molecule has 98 valence electrons. The zero-order valence-corrected chi connectivity index (χ0v) is 11.1. The molecular weight excluding hydrogens is 216 g/mol. The Morgan fingerprint density at radius 1 is 1.47 bits per heavy atom. The summed E-state index contributed by atoms with van der Waals surface area (Å²) in [4.78, 5) is 16.2. The molecule has 0 aromatic carbocycles. The van der Waals surface area contributed by atoms with Crippen molar-refractivity contribution >= 4 is 6.03 Å². The minimum Gasteiger partial charge on any atom is -0.333 e. The molecule has 2 fully saturated rings. The van der Waals surface area contributed by atoms with E-state index in [9.17, 15) is 4.79 Å². The highest BCUT2D eigenvalue weighted by molar-refractivity contribution is 5.77. The van der Waals surface area contributed by atoms with Crippen LogP contribution in [0, 0.1) is 5.92 Å². The molecule has 2 unspecified atom stereocenters. The van der Waals surface area contributed by atoms with E-state index in [1.165, 1.54) is 6.42 Å². The van der Waals surface area contributed by atoms with Gasteiger partial charge in [0.05, 0.1) is 11.6 Å². The summed E-state index contributed by atoms with van der Waals surface area (Å²) in [7, 11) is 2.14. The number of carbonyl (C=O) groups excluding carboxylic acids is 1. The standard InChI is InChI=1S/C12H24N4O/c1-12(2,8-13)16-7-10(14-11(16)17)9-4-5-15(3)6-9/h9-10H,4-8,13H2,1-3H3,(H,14,17). The number of likely N-dealkylation sites (tertiary alicyclic amines) is 1. The van der Waals surface area contributed by atoms with Crippen molar-refractivity contribution < 1.29 is 4.79 Å². The van der Waals surface area contributed by atoms with Crippen LogP contribution in [0.15, 0.2) is 0 Å². The maximum absolute atomic E-state index is 12.0. The first-order valence-electron chi connectivity index (χ1n) is 6.41. The van der Waals surface area contributed by atoms with Gasteiger partial charge in [-0.3, -0.25) is 0 Å². The second-order valence-electron chi connectivity index (χ2n) is 5.99. The van der Waals surface area contributed by atoms with Gasteiger partial charge in [0.15, 0.2) is 0 Å². The van der Waals surface area contributed by atoms with Crippen LogP contribution in [0.5, 0.6) is 0 Å². The first-order valence-corrected chi connectivity index (χ1v) is 6.41. The normalized spacial score (nSPS) is 31.1. The molecule has 0 aliphatic carbocycles. The fourth-order valence-electron chi connectivity index (χ4n) is 2.76. The van der Waals surface area contributed by atoms with Crippen molar-refractivity contribution in [3.63, 3.8) is 0 Å². The lowest BCUT2D eigenvalue weighted by Crippen LogP contribution is -2.50. The molecule has 2 aliphatic heterocycles. The number of rotatable bonds is 3. The third-order valence-corrected chi connectivity index (χ3v) is 4.16. The van der Waals surface area contributed by atoms with E-state index in [1.54, 1.807) is 0 Å². The monoisotopic (exact) mass is 240 g/mol. The van der Waals surface area contributed by atoms with Crippen molar-refractivity contribution in [3.8, 4) is 0 Å². The highest BCUT2D eigenvalue weighted by Gasteiger charge is 2.41. The molecule has 0 radical (unpaired) electrons. The van der Waals surface area contributed by atoms with Gasteiger partial charge >= 0.3 is 6.03 Å². The van der Waals surface area contributed by atoms with E-state index in [-0.39, 0.29) is 11.6 Å². The second-order valence-corrected chi connectivity index (χ2v) is 5.99. The lowest BCUT2D eigenvalue weighted by Gasteiger charge is -2.33. The van der Waals surface area contributed by atoms with Crippen LogP contribution in [0.1, 0.15) is 20.3 Å². The molecule has 2 heterocycles. The number of nitrogens with two attached hydrogens (primary N) is 1. The van der Waals surface area contributed by atoms with Crippen LogP contribution in [0.4, 0.5) is 4.79 Å². The molecule has 2 amide bonds. The number of nitrogens with zero attached hydrogens (tertiary/aromatic N) is 2. The van der Waals surface area contributed by atoms with Gasteiger partial charge in [0.2, 0.25) is 0 Å². The van der Waals surface area contributed by atoms with Crippen molar-refractivity contribution in [2.24, 2.45) is 11.7 Å². The SMILES string of the molecule is CN1CCC(C2CN(C(C)(C)CN)C(=O)N2)C1. The van der Waals surface area contributed by atoms with E-state index in [0.29, 0.717) is 18.5 Å². The number of carbonyl (C=O) groups is 1. The lowest BCUT2D eigenvalue weighted by atomic mass is 9.98. The van der Waals surface area contributed by atoms with Gasteiger partial charge in [-0.2, -0.15) is 0 Å². The van der Waals surface area contributed by atoms with Crippen LogP contribution >= 0.6 is 0 Å². The molecule has 5 heteroatoms. The molecule has 3 N–H and O–H groups in total. The smallest absolute Gasteiger partial charge is 0.318 e. The van der Waals surface area contributed by atoms with E-state index in [4.69, 9.17) is 5.73 Å².